The van der Waals surface area contributed by atoms with Gasteiger partial charge >= 0.3 is 6.09 Å². The van der Waals surface area contributed by atoms with Crippen LogP contribution in [0.4, 0.5) is 10.5 Å². The van der Waals surface area contributed by atoms with E-state index in [2.05, 4.69) is 20.5 Å². The second kappa shape index (κ2) is 11.3. The number of carbonyl (C=O) groups excluding carboxylic acids is 1. The quantitative estimate of drug-likeness (QED) is 0.408. The first-order chi connectivity index (χ1) is 15.3. The standard InChI is InChI=1S/C23H37N5O4/c1-23(2,3)32-22(29)28-13-11-27(12-14-28)10-5-9-25-21(24-4)26-18-7-8-19-20(17-18)31-16-6-15-30-19/h7-8,17H,5-6,9-16H2,1-4H3,(H2,24,25,26). The molecule has 9 nitrogen and oxygen atoms in total. The van der Waals surface area contributed by atoms with Crippen molar-refractivity contribution in [3.05, 3.63) is 18.2 Å². The number of guanidine groups is 1. The third kappa shape index (κ3) is 7.47. The summed E-state index contributed by atoms with van der Waals surface area (Å²) in [5, 5.41) is 6.66. The van der Waals surface area contributed by atoms with Crippen molar-refractivity contribution in [2.45, 2.75) is 39.2 Å². The maximum atomic E-state index is 12.2. The van der Waals surface area contributed by atoms with Crippen molar-refractivity contribution in [3.63, 3.8) is 0 Å². The van der Waals surface area contributed by atoms with Crippen molar-refractivity contribution in [2.24, 2.45) is 4.99 Å². The SMILES string of the molecule is CN=C(NCCCN1CCN(C(=O)OC(C)(C)C)CC1)Nc1ccc2c(c1)OCCCO2. The van der Waals surface area contributed by atoms with Crippen LogP contribution in [0.25, 0.3) is 0 Å². The number of piperazine rings is 1. The van der Waals surface area contributed by atoms with Crippen LogP contribution in [0.2, 0.25) is 0 Å². The molecule has 0 radical (unpaired) electrons. The van der Waals surface area contributed by atoms with Gasteiger partial charge in [0.05, 0.1) is 13.2 Å². The van der Waals surface area contributed by atoms with Crippen LogP contribution in [0, 0.1) is 0 Å². The van der Waals surface area contributed by atoms with Crippen molar-refractivity contribution in [2.75, 3.05) is 64.8 Å². The number of hydrogen-bond donors (Lipinski definition) is 2. The third-order valence-corrected chi connectivity index (χ3v) is 5.20. The highest BCUT2D eigenvalue weighted by Gasteiger charge is 2.25. The number of rotatable bonds is 5. The number of carbonyl (C=O) groups is 1. The van der Waals surface area contributed by atoms with Gasteiger partial charge in [0.25, 0.3) is 0 Å². The highest BCUT2D eigenvalue weighted by Crippen LogP contribution is 2.32. The molecule has 2 aliphatic heterocycles. The number of anilines is 1. The summed E-state index contributed by atoms with van der Waals surface area (Å²) < 4.78 is 16.9. The molecule has 1 aromatic carbocycles. The van der Waals surface area contributed by atoms with Crippen molar-refractivity contribution >= 4 is 17.7 Å². The highest BCUT2D eigenvalue weighted by atomic mass is 16.6. The summed E-state index contributed by atoms with van der Waals surface area (Å²) in [6, 6.07) is 5.83. The van der Waals surface area contributed by atoms with Crippen LogP contribution < -0.4 is 20.1 Å². The number of amides is 1. The zero-order valence-electron chi connectivity index (χ0n) is 19.8. The van der Waals surface area contributed by atoms with Crippen LogP contribution >= 0.6 is 0 Å². The molecular formula is C23H37N5O4. The van der Waals surface area contributed by atoms with E-state index in [1.54, 1.807) is 11.9 Å². The lowest BCUT2D eigenvalue weighted by atomic mass is 10.2. The van der Waals surface area contributed by atoms with E-state index in [0.29, 0.717) is 32.3 Å². The number of hydrogen-bond acceptors (Lipinski definition) is 6. The van der Waals surface area contributed by atoms with E-state index < -0.39 is 5.60 Å². The van der Waals surface area contributed by atoms with Crippen LogP contribution in [0.15, 0.2) is 23.2 Å². The molecule has 0 aromatic heterocycles. The summed E-state index contributed by atoms with van der Waals surface area (Å²) in [7, 11) is 1.76. The van der Waals surface area contributed by atoms with Gasteiger partial charge in [0.15, 0.2) is 17.5 Å². The smallest absolute Gasteiger partial charge is 0.410 e. The molecule has 178 valence electrons. The van der Waals surface area contributed by atoms with E-state index in [4.69, 9.17) is 14.2 Å². The Bertz CT molecular complexity index is 785. The minimum Gasteiger partial charge on any atom is -0.490 e. The Morgan fingerprint density at radius 2 is 1.84 bits per heavy atom. The average Bonchev–Trinajstić information content (AvgIpc) is 3.00. The first-order valence-corrected chi connectivity index (χ1v) is 11.4. The Hall–Kier alpha value is -2.68. The van der Waals surface area contributed by atoms with Gasteiger partial charge in [-0.2, -0.15) is 0 Å². The number of benzene rings is 1. The minimum absolute atomic E-state index is 0.219. The van der Waals surface area contributed by atoms with E-state index in [9.17, 15) is 4.79 Å². The van der Waals surface area contributed by atoms with Gasteiger partial charge in [-0.25, -0.2) is 4.79 Å². The first-order valence-electron chi connectivity index (χ1n) is 11.4. The van der Waals surface area contributed by atoms with Crippen LogP contribution in [-0.2, 0) is 4.74 Å². The Morgan fingerprint density at radius 1 is 1.12 bits per heavy atom. The van der Waals surface area contributed by atoms with Crippen molar-refractivity contribution in [3.8, 4) is 11.5 Å². The number of aliphatic imine (C=N–C) groups is 1. The van der Waals surface area contributed by atoms with Gasteiger partial charge in [-0.1, -0.05) is 0 Å². The first kappa shape index (κ1) is 24.0. The number of nitrogens with one attached hydrogen (secondary N) is 2. The molecule has 0 aliphatic carbocycles. The zero-order chi connectivity index (χ0) is 23.0. The summed E-state index contributed by atoms with van der Waals surface area (Å²) in [5.74, 6) is 2.26. The minimum atomic E-state index is -0.453. The van der Waals surface area contributed by atoms with E-state index in [1.165, 1.54) is 0 Å². The molecular weight excluding hydrogens is 410 g/mol. The summed E-state index contributed by atoms with van der Waals surface area (Å²) in [6.07, 6.45) is 1.65. The van der Waals surface area contributed by atoms with E-state index in [-0.39, 0.29) is 6.09 Å². The molecule has 2 heterocycles. The largest absolute Gasteiger partial charge is 0.490 e. The fourth-order valence-corrected chi connectivity index (χ4v) is 3.55. The molecule has 0 saturated carbocycles. The molecule has 1 fully saturated rings. The van der Waals surface area contributed by atoms with Crippen LogP contribution in [0.3, 0.4) is 0 Å². The van der Waals surface area contributed by atoms with Crippen molar-refractivity contribution in [1.82, 2.24) is 15.1 Å². The van der Waals surface area contributed by atoms with E-state index in [1.807, 2.05) is 39.0 Å². The molecule has 1 saturated heterocycles. The molecule has 0 spiro atoms. The lowest BCUT2D eigenvalue weighted by Crippen LogP contribution is -2.50. The molecule has 0 bridgehead atoms. The Morgan fingerprint density at radius 3 is 2.53 bits per heavy atom. The summed E-state index contributed by atoms with van der Waals surface area (Å²) in [4.78, 5) is 20.7. The summed E-state index contributed by atoms with van der Waals surface area (Å²) in [5.41, 5.74) is 0.451. The van der Waals surface area contributed by atoms with E-state index in [0.717, 1.165) is 56.2 Å². The number of ether oxygens (including phenoxy) is 3. The Labute approximate surface area is 191 Å². The van der Waals surface area contributed by atoms with Crippen LogP contribution in [0.5, 0.6) is 11.5 Å². The molecule has 3 rings (SSSR count). The number of fused-ring (bicyclic) bond motifs is 1. The molecule has 1 amide bonds. The van der Waals surface area contributed by atoms with Crippen LogP contribution in [-0.4, -0.2) is 87.0 Å². The second-order valence-corrected chi connectivity index (χ2v) is 9.00. The monoisotopic (exact) mass is 447 g/mol. The summed E-state index contributed by atoms with van der Waals surface area (Å²) in [6.45, 7) is 11.9. The third-order valence-electron chi connectivity index (χ3n) is 5.20. The molecule has 32 heavy (non-hydrogen) atoms. The lowest BCUT2D eigenvalue weighted by molar-refractivity contribution is 0.0145. The van der Waals surface area contributed by atoms with Gasteiger partial charge in [0.1, 0.15) is 5.60 Å². The summed E-state index contributed by atoms with van der Waals surface area (Å²) >= 11 is 0. The van der Waals surface area contributed by atoms with E-state index >= 15 is 0 Å². The van der Waals surface area contributed by atoms with Gasteiger partial charge in [0.2, 0.25) is 0 Å². The molecule has 2 N–H and O–H groups in total. The molecule has 9 heteroatoms. The fourth-order valence-electron chi connectivity index (χ4n) is 3.55. The topological polar surface area (TPSA) is 87.7 Å². The van der Waals surface area contributed by atoms with Crippen molar-refractivity contribution in [1.29, 1.82) is 0 Å². The predicted octanol–water partition coefficient (Wildman–Crippen LogP) is 2.78. The molecule has 1 aromatic rings. The maximum Gasteiger partial charge on any atom is 0.410 e. The van der Waals surface area contributed by atoms with Gasteiger partial charge in [-0.15, -0.1) is 0 Å². The van der Waals surface area contributed by atoms with Gasteiger partial charge in [-0.05, 0) is 45.9 Å². The predicted molar refractivity (Wildman–Crippen MR) is 126 cm³/mol. The Kier molecular flexibility index (Phi) is 8.44. The van der Waals surface area contributed by atoms with Crippen LogP contribution in [0.1, 0.15) is 33.6 Å². The van der Waals surface area contributed by atoms with Crippen molar-refractivity contribution < 1.29 is 19.0 Å². The fraction of sp³-hybridized carbons (Fsp3) is 0.652. The number of nitrogens with zero attached hydrogens (tertiary/aromatic N) is 3. The molecule has 2 aliphatic rings. The molecule has 0 atom stereocenters. The maximum absolute atomic E-state index is 12.2. The highest BCUT2D eigenvalue weighted by molar-refractivity contribution is 5.93. The lowest BCUT2D eigenvalue weighted by Gasteiger charge is -2.35. The van der Waals surface area contributed by atoms with Gasteiger partial charge < -0.3 is 29.7 Å². The Balaban J connectivity index is 1.35. The second-order valence-electron chi connectivity index (χ2n) is 9.00. The van der Waals surface area contributed by atoms with Gasteiger partial charge in [-0.3, -0.25) is 9.89 Å². The molecule has 0 unspecified atom stereocenters. The zero-order valence-corrected chi connectivity index (χ0v) is 19.8. The average molecular weight is 448 g/mol. The van der Waals surface area contributed by atoms with Gasteiger partial charge in [0, 0.05) is 57.9 Å². The normalized spacial score (nSPS) is 17.5.